The van der Waals surface area contributed by atoms with Crippen LogP contribution in [0.4, 0.5) is 10.5 Å². The SMILES string of the molecule is CC(C)(C)OC(=O)N[C@@H]1CCN(Cc2cccc(NS(C)(=O)=O)c2)C1. The van der Waals surface area contributed by atoms with E-state index in [1.165, 1.54) is 0 Å². The molecule has 7 nitrogen and oxygen atoms in total. The molecule has 1 aliphatic rings. The molecule has 2 N–H and O–H groups in total. The smallest absolute Gasteiger partial charge is 0.407 e. The molecule has 1 amide bonds. The number of nitrogens with one attached hydrogen (secondary N) is 2. The summed E-state index contributed by atoms with van der Waals surface area (Å²) in [5, 5.41) is 2.90. The molecule has 1 heterocycles. The van der Waals surface area contributed by atoms with Crippen molar-refractivity contribution < 1.29 is 17.9 Å². The van der Waals surface area contributed by atoms with E-state index >= 15 is 0 Å². The standard InChI is InChI=1S/C17H27N3O4S/c1-17(2,3)24-16(21)18-15-8-9-20(12-15)11-13-6-5-7-14(10-13)19-25(4,22)23/h5-7,10,15,19H,8-9,11-12H2,1-4H3,(H,18,21)/t15-/m1/s1. The van der Waals surface area contributed by atoms with Crippen molar-refractivity contribution in [3.05, 3.63) is 29.8 Å². The van der Waals surface area contributed by atoms with E-state index in [9.17, 15) is 13.2 Å². The quantitative estimate of drug-likeness (QED) is 0.830. The van der Waals surface area contributed by atoms with Gasteiger partial charge in [0.15, 0.2) is 0 Å². The molecule has 25 heavy (non-hydrogen) atoms. The summed E-state index contributed by atoms with van der Waals surface area (Å²) in [6.45, 7) is 7.82. The van der Waals surface area contributed by atoms with Crippen molar-refractivity contribution in [2.45, 2.75) is 45.4 Å². The van der Waals surface area contributed by atoms with E-state index in [0.717, 1.165) is 31.3 Å². The van der Waals surface area contributed by atoms with Gasteiger partial charge in [-0.1, -0.05) is 12.1 Å². The van der Waals surface area contributed by atoms with Gasteiger partial charge in [0, 0.05) is 31.4 Å². The number of sulfonamides is 1. The van der Waals surface area contributed by atoms with Crippen LogP contribution < -0.4 is 10.0 Å². The fourth-order valence-electron chi connectivity index (χ4n) is 2.77. The number of likely N-dealkylation sites (tertiary alicyclic amines) is 1. The number of hydrogen-bond donors (Lipinski definition) is 2. The van der Waals surface area contributed by atoms with Crippen LogP contribution in [0.3, 0.4) is 0 Å². The fourth-order valence-corrected chi connectivity index (χ4v) is 3.33. The molecule has 1 atom stereocenters. The zero-order chi connectivity index (χ0) is 18.7. The van der Waals surface area contributed by atoms with Crippen molar-refractivity contribution in [3.8, 4) is 0 Å². The monoisotopic (exact) mass is 369 g/mol. The number of carbonyl (C=O) groups is 1. The summed E-state index contributed by atoms with van der Waals surface area (Å²) in [4.78, 5) is 14.1. The van der Waals surface area contributed by atoms with Crippen LogP contribution in [0.25, 0.3) is 0 Å². The van der Waals surface area contributed by atoms with Crippen LogP contribution in [0.5, 0.6) is 0 Å². The first-order chi connectivity index (χ1) is 11.5. The molecule has 1 aliphatic heterocycles. The second kappa shape index (κ2) is 7.61. The van der Waals surface area contributed by atoms with Crippen LogP contribution in [0, 0.1) is 0 Å². The summed E-state index contributed by atoms with van der Waals surface area (Å²) in [5.74, 6) is 0. The Morgan fingerprint density at radius 2 is 2.08 bits per heavy atom. The van der Waals surface area contributed by atoms with E-state index < -0.39 is 21.7 Å². The highest BCUT2D eigenvalue weighted by atomic mass is 32.2. The molecule has 140 valence electrons. The summed E-state index contributed by atoms with van der Waals surface area (Å²) in [6.07, 6.45) is 1.60. The first kappa shape index (κ1) is 19.5. The molecule has 1 aromatic rings. The van der Waals surface area contributed by atoms with E-state index in [1.54, 1.807) is 6.07 Å². The van der Waals surface area contributed by atoms with Crippen LogP contribution in [0.15, 0.2) is 24.3 Å². The van der Waals surface area contributed by atoms with Gasteiger partial charge in [-0.15, -0.1) is 0 Å². The third-order valence-electron chi connectivity index (χ3n) is 3.63. The van der Waals surface area contributed by atoms with Crippen LogP contribution in [0.2, 0.25) is 0 Å². The number of amides is 1. The minimum absolute atomic E-state index is 0.0622. The van der Waals surface area contributed by atoms with Gasteiger partial charge in [-0.2, -0.15) is 0 Å². The van der Waals surface area contributed by atoms with E-state index in [-0.39, 0.29) is 6.04 Å². The first-order valence-corrected chi connectivity index (χ1v) is 10.2. The molecule has 0 radical (unpaired) electrons. The second-order valence-corrected chi connectivity index (χ2v) is 9.19. The number of anilines is 1. The molecule has 2 rings (SSSR count). The fraction of sp³-hybridized carbons (Fsp3) is 0.588. The number of hydrogen-bond acceptors (Lipinski definition) is 5. The van der Waals surface area contributed by atoms with Gasteiger partial charge in [-0.05, 0) is 44.9 Å². The van der Waals surface area contributed by atoms with E-state index in [2.05, 4.69) is 14.9 Å². The Hall–Kier alpha value is -1.80. The Bertz CT molecular complexity index is 713. The van der Waals surface area contributed by atoms with Gasteiger partial charge >= 0.3 is 6.09 Å². The van der Waals surface area contributed by atoms with E-state index in [4.69, 9.17) is 4.74 Å². The summed E-state index contributed by atoms with van der Waals surface area (Å²) in [6, 6.07) is 7.40. The highest BCUT2D eigenvalue weighted by Gasteiger charge is 2.26. The Morgan fingerprint density at radius 3 is 2.72 bits per heavy atom. The average molecular weight is 369 g/mol. The van der Waals surface area contributed by atoms with E-state index in [0.29, 0.717) is 12.2 Å². The molecular formula is C17H27N3O4S. The largest absolute Gasteiger partial charge is 0.444 e. The van der Waals surface area contributed by atoms with Crippen molar-refractivity contribution in [2.24, 2.45) is 0 Å². The number of carbonyl (C=O) groups excluding carboxylic acids is 1. The summed E-state index contributed by atoms with van der Waals surface area (Å²) < 4.78 is 30.4. The maximum Gasteiger partial charge on any atom is 0.407 e. The predicted molar refractivity (Wildman–Crippen MR) is 98.0 cm³/mol. The lowest BCUT2D eigenvalue weighted by atomic mass is 10.2. The highest BCUT2D eigenvalue weighted by Crippen LogP contribution is 2.17. The molecule has 0 aliphatic carbocycles. The van der Waals surface area contributed by atoms with Crippen LogP contribution >= 0.6 is 0 Å². The molecule has 0 unspecified atom stereocenters. The third kappa shape index (κ3) is 7.31. The van der Waals surface area contributed by atoms with Crippen molar-refractivity contribution in [1.82, 2.24) is 10.2 Å². The van der Waals surface area contributed by atoms with Crippen molar-refractivity contribution >= 4 is 21.8 Å². The maximum absolute atomic E-state index is 11.8. The van der Waals surface area contributed by atoms with Gasteiger partial charge in [0.1, 0.15) is 5.60 Å². The Morgan fingerprint density at radius 1 is 1.36 bits per heavy atom. The van der Waals surface area contributed by atoms with Crippen LogP contribution in [0.1, 0.15) is 32.8 Å². The van der Waals surface area contributed by atoms with Gasteiger partial charge in [-0.25, -0.2) is 13.2 Å². The second-order valence-electron chi connectivity index (χ2n) is 7.44. The number of benzene rings is 1. The highest BCUT2D eigenvalue weighted by molar-refractivity contribution is 7.92. The molecule has 0 aromatic heterocycles. The molecule has 0 bridgehead atoms. The van der Waals surface area contributed by atoms with Crippen LogP contribution in [-0.2, 0) is 21.3 Å². The Balaban J connectivity index is 1.87. The summed E-state index contributed by atoms with van der Waals surface area (Å²) in [7, 11) is -3.28. The maximum atomic E-state index is 11.8. The van der Waals surface area contributed by atoms with E-state index in [1.807, 2.05) is 39.0 Å². The normalized spacial score (nSPS) is 18.8. The lowest BCUT2D eigenvalue weighted by Crippen LogP contribution is -2.40. The Labute approximate surface area is 149 Å². The van der Waals surface area contributed by atoms with Gasteiger partial charge < -0.3 is 10.1 Å². The number of nitrogens with zero attached hydrogens (tertiary/aromatic N) is 1. The van der Waals surface area contributed by atoms with Gasteiger partial charge in [0.2, 0.25) is 10.0 Å². The van der Waals surface area contributed by atoms with Gasteiger partial charge in [0.25, 0.3) is 0 Å². The average Bonchev–Trinajstić information content (AvgIpc) is 2.81. The Kier molecular flexibility index (Phi) is 5.95. The summed E-state index contributed by atoms with van der Waals surface area (Å²) in [5.41, 5.74) is 1.07. The minimum Gasteiger partial charge on any atom is -0.444 e. The molecule has 1 saturated heterocycles. The molecule has 8 heteroatoms. The van der Waals surface area contributed by atoms with Crippen molar-refractivity contribution in [2.75, 3.05) is 24.1 Å². The molecular weight excluding hydrogens is 342 g/mol. The van der Waals surface area contributed by atoms with Gasteiger partial charge in [-0.3, -0.25) is 9.62 Å². The molecule has 1 aromatic carbocycles. The van der Waals surface area contributed by atoms with Gasteiger partial charge in [0.05, 0.1) is 6.26 Å². The minimum atomic E-state index is -3.28. The van der Waals surface area contributed by atoms with Crippen molar-refractivity contribution in [3.63, 3.8) is 0 Å². The number of rotatable bonds is 5. The zero-order valence-electron chi connectivity index (χ0n) is 15.2. The topological polar surface area (TPSA) is 87.7 Å². The zero-order valence-corrected chi connectivity index (χ0v) is 16.0. The first-order valence-electron chi connectivity index (χ1n) is 8.29. The van der Waals surface area contributed by atoms with Crippen molar-refractivity contribution in [1.29, 1.82) is 0 Å². The predicted octanol–water partition coefficient (Wildman–Crippen LogP) is 2.16. The lowest BCUT2D eigenvalue weighted by Gasteiger charge is -2.22. The number of ether oxygens (including phenoxy) is 1. The summed E-state index contributed by atoms with van der Waals surface area (Å²) >= 11 is 0. The molecule has 0 saturated carbocycles. The number of alkyl carbamates (subject to hydrolysis) is 1. The molecule has 0 spiro atoms. The van der Waals surface area contributed by atoms with Crippen LogP contribution in [-0.4, -0.2) is 50.4 Å². The third-order valence-corrected chi connectivity index (χ3v) is 4.24. The lowest BCUT2D eigenvalue weighted by molar-refractivity contribution is 0.0505. The molecule has 1 fully saturated rings.